The van der Waals surface area contributed by atoms with E-state index in [0.29, 0.717) is 6.42 Å². The number of hydrogen-bond donors (Lipinski definition) is 0. The molecule has 1 aliphatic carbocycles. The Balaban J connectivity index is 2.86. The van der Waals surface area contributed by atoms with Crippen molar-refractivity contribution in [1.29, 1.82) is 0 Å². The van der Waals surface area contributed by atoms with Crippen LogP contribution >= 0.6 is 0 Å². The molecule has 4 nitrogen and oxygen atoms in total. The highest BCUT2D eigenvalue weighted by Gasteiger charge is 2.30. The number of rotatable bonds is 2. The van der Waals surface area contributed by atoms with Crippen molar-refractivity contribution >= 4 is 16.3 Å². The molecule has 1 aliphatic rings. The van der Waals surface area contributed by atoms with Gasteiger partial charge in [0.1, 0.15) is 5.76 Å². The Kier molecular flexibility index (Phi) is 2.67. The molecule has 0 unspecified atom stereocenters. The zero-order chi connectivity index (χ0) is 11.0. The van der Waals surface area contributed by atoms with E-state index < -0.39 is 10.5 Å². The zero-order valence-electron chi connectivity index (χ0n) is 7.91. The minimum Gasteiger partial charge on any atom is -0.363 e. The molecule has 14 heavy (non-hydrogen) atoms. The van der Waals surface area contributed by atoms with Gasteiger partial charge >= 0.3 is 10.5 Å². The molecule has 0 spiro atoms. The molecule has 0 aromatic heterocycles. The van der Waals surface area contributed by atoms with Crippen LogP contribution in [0.5, 0.6) is 0 Å². The predicted octanol–water partition coefficient (Wildman–Crippen LogP) is 1.49. The molecular weight excluding hydrogens is 211 g/mol. The van der Waals surface area contributed by atoms with Crippen LogP contribution in [0.2, 0.25) is 0 Å². The fraction of sp³-hybridized carbons (Fsp3) is 0.625. The molecule has 6 heteroatoms. The van der Waals surface area contributed by atoms with Gasteiger partial charge < -0.3 is 4.18 Å². The molecule has 0 saturated heterocycles. The van der Waals surface area contributed by atoms with Crippen LogP contribution in [0.25, 0.3) is 0 Å². The van der Waals surface area contributed by atoms with Gasteiger partial charge in [0.05, 0.1) is 0 Å². The lowest BCUT2D eigenvalue weighted by Crippen LogP contribution is -2.23. The fourth-order valence-electron chi connectivity index (χ4n) is 1.47. The monoisotopic (exact) mass is 222 g/mol. The standard InChI is InChI=1S/C8H11FO4S/c1-8(2)4-6(10)3-7(5-8)13-14(9,11)12/h3H,4-5H2,1-2H3. The summed E-state index contributed by atoms with van der Waals surface area (Å²) in [6.45, 7) is 3.57. The van der Waals surface area contributed by atoms with Crippen molar-refractivity contribution in [2.24, 2.45) is 5.41 Å². The summed E-state index contributed by atoms with van der Waals surface area (Å²) in [6, 6.07) is 0. The van der Waals surface area contributed by atoms with Crippen LogP contribution in [-0.2, 0) is 19.5 Å². The summed E-state index contributed by atoms with van der Waals surface area (Å²) in [5.41, 5.74) is -0.383. The quantitative estimate of drug-likeness (QED) is 0.664. The van der Waals surface area contributed by atoms with E-state index in [1.54, 1.807) is 13.8 Å². The van der Waals surface area contributed by atoms with Crippen molar-refractivity contribution in [2.75, 3.05) is 0 Å². The van der Waals surface area contributed by atoms with E-state index >= 15 is 0 Å². The van der Waals surface area contributed by atoms with Gasteiger partial charge in [0.2, 0.25) is 0 Å². The maximum atomic E-state index is 12.2. The van der Waals surface area contributed by atoms with Crippen LogP contribution in [0.1, 0.15) is 26.7 Å². The lowest BCUT2D eigenvalue weighted by Gasteiger charge is -2.27. The summed E-state index contributed by atoms with van der Waals surface area (Å²) in [7, 11) is -5.02. The first-order chi connectivity index (χ1) is 6.18. The topological polar surface area (TPSA) is 60.4 Å². The van der Waals surface area contributed by atoms with Crippen molar-refractivity contribution in [3.63, 3.8) is 0 Å². The third kappa shape index (κ3) is 3.45. The van der Waals surface area contributed by atoms with E-state index in [2.05, 4.69) is 4.18 Å². The minimum atomic E-state index is -5.02. The molecule has 0 saturated carbocycles. The number of halogens is 1. The van der Waals surface area contributed by atoms with E-state index in [1.165, 1.54) is 0 Å². The highest BCUT2D eigenvalue weighted by Crippen LogP contribution is 2.34. The molecule has 0 bridgehead atoms. The van der Waals surface area contributed by atoms with Crippen LogP contribution < -0.4 is 0 Å². The van der Waals surface area contributed by atoms with Crippen molar-refractivity contribution < 1.29 is 21.3 Å². The number of carbonyl (C=O) groups excluding carboxylic acids is 1. The largest absolute Gasteiger partial charge is 0.488 e. The first-order valence-corrected chi connectivity index (χ1v) is 5.36. The molecule has 80 valence electrons. The summed E-state index contributed by atoms with van der Waals surface area (Å²) < 4.78 is 36.5. The molecule has 0 N–H and O–H groups in total. The number of ketones is 1. The Labute approximate surface area is 82.2 Å². The average molecular weight is 222 g/mol. The van der Waals surface area contributed by atoms with E-state index in [-0.39, 0.29) is 23.4 Å². The molecule has 0 aromatic carbocycles. The minimum absolute atomic E-state index is 0.131. The van der Waals surface area contributed by atoms with Gasteiger partial charge in [-0.1, -0.05) is 17.7 Å². The third-order valence-electron chi connectivity index (χ3n) is 1.83. The van der Waals surface area contributed by atoms with E-state index in [9.17, 15) is 17.1 Å². The molecule has 0 radical (unpaired) electrons. The SMILES string of the molecule is CC1(C)CC(=O)C=C(OS(=O)(=O)F)C1. The smallest absolute Gasteiger partial charge is 0.363 e. The first kappa shape index (κ1) is 11.2. The lowest BCUT2D eigenvalue weighted by molar-refractivity contribution is -0.117. The summed E-state index contributed by atoms with van der Waals surface area (Å²) in [5, 5.41) is 0. The number of hydrogen-bond acceptors (Lipinski definition) is 4. The van der Waals surface area contributed by atoms with Gasteiger partial charge in [-0.15, -0.1) is 0 Å². The fourth-order valence-corrected chi connectivity index (χ4v) is 1.83. The second-order valence-electron chi connectivity index (χ2n) is 4.07. The van der Waals surface area contributed by atoms with Gasteiger partial charge in [-0.25, -0.2) is 0 Å². The maximum absolute atomic E-state index is 12.2. The normalized spacial score (nSPS) is 21.6. The Bertz CT molecular complexity index is 380. The molecule has 0 aromatic rings. The van der Waals surface area contributed by atoms with E-state index in [4.69, 9.17) is 0 Å². The van der Waals surface area contributed by atoms with E-state index in [0.717, 1.165) is 6.08 Å². The van der Waals surface area contributed by atoms with Gasteiger partial charge in [0.15, 0.2) is 5.78 Å². The summed E-state index contributed by atoms with van der Waals surface area (Å²) in [6.07, 6.45) is 1.58. The van der Waals surface area contributed by atoms with Crippen molar-refractivity contribution in [3.05, 3.63) is 11.8 Å². The molecule has 0 amide bonds. The maximum Gasteiger partial charge on any atom is 0.488 e. The van der Waals surface area contributed by atoms with Crippen molar-refractivity contribution in [3.8, 4) is 0 Å². The Morgan fingerprint density at radius 2 is 2.00 bits per heavy atom. The van der Waals surface area contributed by atoms with Gasteiger partial charge in [0.25, 0.3) is 0 Å². The second kappa shape index (κ2) is 3.34. The Hall–Kier alpha value is -0.910. The molecule has 0 atom stereocenters. The van der Waals surface area contributed by atoms with Crippen LogP contribution in [-0.4, -0.2) is 14.2 Å². The lowest BCUT2D eigenvalue weighted by atomic mass is 9.80. The van der Waals surface area contributed by atoms with Gasteiger partial charge in [-0.2, -0.15) is 8.42 Å². The summed E-state index contributed by atoms with van der Waals surface area (Å²) in [4.78, 5) is 11.1. The summed E-state index contributed by atoms with van der Waals surface area (Å²) in [5.74, 6) is -0.381. The van der Waals surface area contributed by atoms with Gasteiger partial charge in [-0.05, 0) is 5.41 Å². The molecule has 0 aliphatic heterocycles. The molecule has 0 fully saturated rings. The van der Waals surface area contributed by atoms with Gasteiger partial charge in [0, 0.05) is 18.9 Å². The average Bonchev–Trinajstić information content (AvgIpc) is 1.74. The Morgan fingerprint density at radius 1 is 1.43 bits per heavy atom. The highest BCUT2D eigenvalue weighted by atomic mass is 32.3. The zero-order valence-corrected chi connectivity index (χ0v) is 8.73. The highest BCUT2D eigenvalue weighted by molar-refractivity contribution is 7.81. The van der Waals surface area contributed by atoms with Crippen LogP contribution in [0.4, 0.5) is 3.89 Å². The number of carbonyl (C=O) groups is 1. The van der Waals surface area contributed by atoms with Crippen molar-refractivity contribution in [1.82, 2.24) is 0 Å². The van der Waals surface area contributed by atoms with Crippen LogP contribution in [0.3, 0.4) is 0 Å². The first-order valence-electron chi connectivity index (χ1n) is 4.05. The predicted molar refractivity (Wildman–Crippen MR) is 47.2 cm³/mol. The second-order valence-corrected chi connectivity index (χ2v) is 5.02. The number of allylic oxidation sites excluding steroid dienone is 2. The molecular formula is C8H11FO4S. The molecule has 0 heterocycles. The van der Waals surface area contributed by atoms with Crippen molar-refractivity contribution in [2.45, 2.75) is 26.7 Å². The van der Waals surface area contributed by atoms with E-state index in [1.807, 2.05) is 0 Å². The van der Waals surface area contributed by atoms with Crippen LogP contribution in [0, 0.1) is 5.41 Å². The third-order valence-corrected chi connectivity index (χ3v) is 2.25. The molecule has 1 rings (SSSR count). The summed E-state index contributed by atoms with van der Waals surface area (Å²) >= 11 is 0. The van der Waals surface area contributed by atoms with Crippen LogP contribution in [0.15, 0.2) is 11.8 Å². The Morgan fingerprint density at radius 3 is 2.43 bits per heavy atom. The van der Waals surface area contributed by atoms with Gasteiger partial charge in [-0.3, -0.25) is 4.79 Å².